The zero-order chi connectivity index (χ0) is 17.7. The van der Waals surface area contributed by atoms with Gasteiger partial charge < -0.3 is 0 Å². The molecule has 0 aromatic rings. The summed E-state index contributed by atoms with van der Waals surface area (Å²) < 4.78 is 0. The number of hydrogen-bond donors (Lipinski definition) is 0. The van der Waals surface area contributed by atoms with E-state index in [0.717, 1.165) is 18.8 Å². The van der Waals surface area contributed by atoms with E-state index in [9.17, 15) is 0 Å². The first-order chi connectivity index (χ1) is 11.8. The van der Waals surface area contributed by atoms with E-state index >= 15 is 0 Å². The van der Waals surface area contributed by atoms with Crippen molar-refractivity contribution in [2.75, 3.05) is 0 Å². The molecule has 1 unspecified atom stereocenters. The van der Waals surface area contributed by atoms with Crippen molar-refractivity contribution in [3.63, 3.8) is 0 Å². The lowest BCUT2D eigenvalue weighted by molar-refractivity contribution is 0.432. The van der Waals surface area contributed by atoms with Gasteiger partial charge in [0.1, 0.15) is 0 Å². The fourth-order valence-electron chi connectivity index (χ4n) is 3.60. The Labute approximate surface area is 155 Å². The first-order valence-corrected chi connectivity index (χ1v) is 11.4. The Kier molecular flexibility index (Phi) is 21.0. The van der Waals surface area contributed by atoms with Crippen LogP contribution in [0.3, 0.4) is 0 Å². The highest BCUT2D eigenvalue weighted by Gasteiger charge is 2.02. The molecule has 0 rings (SSSR count). The normalized spacial score (nSPS) is 12.6. The molecule has 0 aromatic carbocycles. The molecule has 0 saturated heterocycles. The second-order valence-electron chi connectivity index (χ2n) is 8.05. The lowest BCUT2D eigenvalue weighted by Crippen LogP contribution is -1.95. The van der Waals surface area contributed by atoms with Crippen molar-refractivity contribution < 1.29 is 0 Å². The van der Waals surface area contributed by atoms with Gasteiger partial charge >= 0.3 is 0 Å². The van der Waals surface area contributed by atoms with E-state index in [0.29, 0.717) is 0 Å². The van der Waals surface area contributed by atoms with Crippen LogP contribution in [0.15, 0.2) is 0 Å². The van der Waals surface area contributed by atoms with Gasteiger partial charge in [0, 0.05) is 0 Å². The van der Waals surface area contributed by atoms with Crippen LogP contribution in [-0.4, -0.2) is 0 Å². The second-order valence-corrected chi connectivity index (χ2v) is 8.05. The van der Waals surface area contributed by atoms with Crippen molar-refractivity contribution >= 4 is 0 Å². The van der Waals surface area contributed by atoms with Crippen LogP contribution in [0, 0.1) is 19.8 Å². The van der Waals surface area contributed by atoms with Crippen molar-refractivity contribution in [2.45, 2.75) is 135 Å². The molecule has 0 bridgehead atoms. The van der Waals surface area contributed by atoms with Gasteiger partial charge in [0.25, 0.3) is 0 Å². The Morgan fingerprint density at radius 2 is 0.667 bits per heavy atom. The minimum absolute atomic E-state index is 0.952. The minimum Gasteiger partial charge on any atom is -0.0625 e. The van der Waals surface area contributed by atoms with Gasteiger partial charge in [0.05, 0.1) is 0 Å². The van der Waals surface area contributed by atoms with Crippen LogP contribution in [0.4, 0.5) is 0 Å². The van der Waals surface area contributed by atoms with E-state index < -0.39 is 0 Å². The fraction of sp³-hybridized carbons (Fsp3) is 0.917. The number of unbranched alkanes of at least 4 members (excludes halogenated alkanes) is 16. The summed E-state index contributed by atoms with van der Waals surface area (Å²) in [5.74, 6) is 0.952. The zero-order valence-electron chi connectivity index (χ0n) is 17.1. The van der Waals surface area contributed by atoms with Gasteiger partial charge in [-0.05, 0) is 5.92 Å². The molecule has 1 atom stereocenters. The second kappa shape index (κ2) is 21.0. The molecular weight excluding hydrogens is 288 g/mol. The summed E-state index contributed by atoms with van der Waals surface area (Å²) in [6.45, 7) is 10.3. The molecule has 0 heterocycles. The summed E-state index contributed by atoms with van der Waals surface area (Å²) in [5.41, 5.74) is 0. The fourth-order valence-corrected chi connectivity index (χ4v) is 3.60. The standard InChI is InChI=1S/C24H48/c1-4-6-8-10-11-12-13-14-15-16-17-19-21-23-24(3)22-20-18-9-7-5-2/h24H,1-2,4-23H2,3H3. The van der Waals surface area contributed by atoms with E-state index in [1.165, 1.54) is 116 Å². The summed E-state index contributed by atoms with van der Waals surface area (Å²) in [4.78, 5) is 0. The average Bonchev–Trinajstić information content (AvgIpc) is 2.59. The number of hydrogen-bond acceptors (Lipinski definition) is 0. The summed E-state index contributed by atoms with van der Waals surface area (Å²) >= 11 is 0. The summed E-state index contributed by atoms with van der Waals surface area (Å²) in [7, 11) is 0. The summed E-state index contributed by atoms with van der Waals surface area (Å²) in [6.07, 6.45) is 28.1. The molecule has 0 aliphatic rings. The predicted octanol–water partition coefficient (Wildman–Crippen LogP) is 9.09. The first-order valence-electron chi connectivity index (χ1n) is 11.4. The van der Waals surface area contributed by atoms with Crippen LogP contribution in [0.5, 0.6) is 0 Å². The maximum absolute atomic E-state index is 3.92. The lowest BCUT2D eigenvalue weighted by atomic mass is 9.96. The van der Waals surface area contributed by atoms with Crippen molar-refractivity contribution in [2.24, 2.45) is 5.92 Å². The van der Waals surface area contributed by atoms with Crippen LogP contribution in [0.1, 0.15) is 135 Å². The molecule has 0 fully saturated rings. The predicted molar refractivity (Wildman–Crippen MR) is 112 cm³/mol. The molecule has 0 spiro atoms. The molecule has 0 nitrogen and oxygen atoms in total. The van der Waals surface area contributed by atoms with Gasteiger partial charge in [-0.1, -0.05) is 149 Å². The third kappa shape index (κ3) is 20.0. The van der Waals surface area contributed by atoms with Crippen LogP contribution >= 0.6 is 0 Å². The summed E-state index contributed by atoms with van der Waals surface area (Å²) in [5, 5.41) is 0. The zero-order valence-corrected chi connectivity index (χ0v) is 17.1. The van der Waals surface area contributed by atoms with Crippen molar-refractivity contribution in [1.29, 1.82) is 0 Å². The van der Waals surface area contributed by atoms with E-state index in [1.54, 1.807) is 0 Å². The minimum atomic E-state index is 0.952. The Morgan fingerprint density at radius 3 is 0.958 bits per heavy atom. The summed E-state index contributed by atoms with van der Waals surface area (Å²) in [6, 6.07) is 0. The highest BCUT2D eigenvalue weighted by molar-refractivity contribution is 4.56. The maximum Gasteiger partial charge on any atom is -0.0443 e. The molecular formula is C24H48. The largest absolute Gasteiger partial charge is 0.0625 e. The van der Waals surface area contributed by atoms with Gasteiger partial charge in [-0.3, -0.25) is 0 Å². The van der Waals surface area contributed by atoms with Gasteiger partial charge in [-0.25, -0.2) is 0 Å². The van der Waals surface area contributed by atoms with E-state index in [1.807, 2.05) is 0 Å². The Morgan fingerprint density at radius 1 is 0.417 bits per heavy atom. The molecule has 0 aromatic heterocycles. The van der Waals surface area contributed by atoms with Crippen LogP contribution in [-0.2, 0) is 0 Å². The van der Waals surface area contributed by atoms with E-state index in [-0.39, 0.29) is 0 Å². The molecule has 0 heteroatoms. The SMILES string of the molecule is [CH2]CCCCCCCCCCCCCCC(C)CCCCCC[CH2]. The first kappa shape index (κ1) is 24.0. The average molecular weight is 337 g/mol. The number of rotatable bonds is 20. The smallest absolute Gasteiger partial charge is 0.0443 e. The molecule has 24 heavy (non-hydrogen) atoms. The molecule has 144 valence electrons. The molecule has 0 aliphatic carbocycles. The maximum atomic E-state index is 3.92. The molecule has 0 saturated carbocycles. The highest BCUT2D eigenvalue weighted by atomic mass is 14.1. The Hall–Kier alpha value is 0. The third-order valence-electron chi connectivity index (χ3n) is 5.39. The van der Waals surface area contributed by atoms with Gasteiger partial charge in [-0.2, -0.15) is 0 Å². The quantitative estimate of drug-likeness (QED) is 0.194. The molecule has 0 amide bonds. The van der Waals surface area contributed by atoms with Crippen molar-refractivity contribution in [1.82, 2.24) is 0 Å². The monoisotopic (exact) mass is 336 g/mol. The van der Waals surface area contributed by atoms with Crippen molar-refractivity contribution in [3.05, 3.63) is 13.8 Å². The van der Waals surface area contributed by atoms with E-state index in [4.69, 9.17) is 0 Å². The Balaban J connectivity index is 3.08. The topological polar surface area (TPSA) is 0 Å². The molecule has 0 aliphatic heterocycles. The third-order valence-corrected chi connectivity index (χ3v) is 5.39. The van der Waals surface area contributed by atoms with Gasteiger partial charge in [0.15, 0.2) is 0 Å². The molecule has 0 N–H and O–H groups in total. The van der Waals surface area contributed by atoms with Gasteiger partial charge in [-0.15, -0.1) is 0 Å². The van der Waals surface area contributed by atoms with E-state index in [2.05, 4.69) is 20.8 Å². The Bertz CT molecular complexity index is 208. The van der Waals surface area contributed by atoms with Crippen LogP contribution in [0.2, 0.25) is 0 Å². The van der Waals surface area contributed by atoms with Gasteiger partial charge in [0.2, 0.25) is 0 Å². The molecule has 2 radical (unpaired) electrons. The van der Waals surface area contributed by atoms with Crippen LogP contribution in [0.25, 0.3) is 0 Å². The van der Waals surface area contributed by atoms with Crippen LogP contribution < -0.4 is 0 Å². The van der Waals surface area contributed by atoms with Crippen molar-refractivity contribution in [3.8, 4) is 0 Å². The lowest BCUT2D eigenvalue weighted by Gasteiger charge is -2.11. The highest BCUT2D eigenvalue weighted by Crippen LogP contribution is 2.18.